The van der Waals surface area contributed by atoms with Gasteiger partial charge < -0.3 is 20.3 Å². The number of aryl methyl sites for hydroxylation is 4. The van der Waals surface area contributed by atoms with Gasteiger partial charge in [0, 0.05) is 43.9 Å². The van der Waals surface area contributed by atoms with Gasteiger partial charge in [0.25, 0.3) is 0 Å². The molecule has 2 aromatic heterocycles. The number of aldehydes is 1. The predicted molar refractivity (Wildman–Crippen MR) is 340 cm³/mol. The molecule has 2 unspecified atom stereocenters. The SMILES string of the molecule is C1CCCC1.CC.CC.CCC/C(CC)=C(\C=C(\C)CC)c1cc(C(=O)CCC/C=C2/Nc3ccc(C)cc3N2C)cc(C)n1.CCCC.CCCCCC(C)CC.CCCc1cc(F)c(C(CCC=O)C(=O)NC)nc1C. The third kappa shape index (κ3) is 29.9. The van der Waals surface area contributed by atoms with Crippen LogP contribution in [0.25, 0.3) is 5.57 Å². The number of amides is 1. The van der Waals surface area contributed by atoms with Crippen molar-refractivity contribution in [3.63, 3.8) is 0 Å². The standard InChI is InChI=1S/C32H43N3O.C15H21FN2O2.C9H20.C5H10.C4H10.2C2H6/c1-8-13-25(10-3)27(18-22(4)9-2)29-21-26(20-24(6)33-29)31(36)14-11-12-15-32-34-28-17-16-23(5)19-30(28)35(32)7;1-4-6-11-9-13(16)14(18-10(11)2)12(7-5-8-19)15(20)17-3;1-4-6-7-8-9(3)5-2;1-2-4-5-3-1;1-3-4-2;2*1-2/h15-21,34H,8-14H2,1-7H3;8-9,12H,4-7H2,1-3H3,(H,17,20);9H,4-8H2,1-3H3;1-5H2;3-4H2,1-2H3;2*1-2H3/b22-18-,27-25+,32-15-;;;;;;. The molecule has 8 nitrogen and oxygen atoms in total. The second-order valence-corrected chi connectivity index (χ2v) is 20.5. The van der Waals surface area contributed by atoms with Crippen molar-refractivity contribution in [1.82, 2.24) is 15.3 Å². The molecular weight excluding hydrogens is 966 g/mol. The normalized spacial score (nSPS) is 13.7. The van der Waals surface area contributed by atoms with Crippen molar-refractivity contribution >= 4 is 34.9 Å². The van der Waals surface area contributed by atoms with Gasteiger partial charge in [-0.15, -0.1) is 0 Å². The quantitative estimate of drug-likeness (QED) is 0.0398. The van der Waals surface area contributed by atoms with Crippen LogP contribution in [-0.4, -0.2) is 42.0 Å². The summed E-state index contributed by atoms with van der Waals surface area (Å²) in [6, 6.07) is 11.9. The van der Waals surface area contributed by atoms with E-state index in [1.54, 1.807) is 0 Å². The van der Waals surface area contributed by atoms with Crippen LogP contribution < -0.4 is 15.5 Å². The maximum atomic E-state index is 14.2. The summed E-state index contributed by atoms with van der Waals surface area (Å²) in [5.74, 6) is 0.715. The molecule has 1 fully saturated rings. The van der Waals surface area contributed by atoms with Gasteiger partial charge in [0.15, 0.2) is 5.78 Å². The highest BCUT2D eigenvalue weighted by atomic mass is 19.1. The van der Waals surface area contributed by atoms with E-state index >= 15 is 0 Å². The number of carbonyl (C=O) groups is 3. The number of allylic oxidation sites excluding steroid dienone is 5. The molecule has 0 spiro atoms. The number of halogens is 1. The van der Waals surface area contributed by atoms with Crippen molar-refractivity contribution in [2.45, 2.75) is 271 Å². The molecule has 3 aromatic rings. The van der Waals surface area contributed by atoms with E-state index in [0.717, 1.165) is 103 Å². The highest BCUT2D eigenvalue weighted by Gasteiger charge is 2.25. The number of likely N-dealkylation sites (N-methyl/N-ethyl adjacent to an activating group) is 1. The number of carbonyl (C=O) groups excluding carboxylic acids is 3. The minimum Gasteiger partial charge on any atom is -0.359 e. The van der Waals surface area contributed by atoms with E-state index in [2.05, 4.69) is 127 Å². The second kappa shape index (κ2) is 46.9. The first kappa shape index (κ1) is 75.2. The molecule has 1 aromatic carbocycles. The fourth-order valence-corrected chi connectivity index (χ4v) is 8.72. The van der Waals surface area contributed by atoms with Gasteiger partial charge in [-0.05, 0) is 132 Å². The van der Waals surface area contributed by atoms with Crippen molar-refractivity contribution in [3.8, 4) is 0 Å². The number of nitrogens with zero attached hydrogens (tertiary/aromatic N) is 3. The monoisotopic (exact) mass is 1080 g/mol. The van der Waals surface area contributed by atoms with Crippen LogP contribution in [0.1, 0.15) is 288 Å². The van der Waals surface area contributed by atoms with Crippen LogP contribution in [0.3, 0.4) is 0 Å². The van der Waals surface area contributed by atoms with Crippen LogP contribution in [0, 0.1) is 32.5 Å². The van der Waals surface area contributed by atoms with E-state index in [-0.39, 0.29) is 30.2 Å². The Hall–Kier alpha value is -4.92. The lowest BCUT2D eigenvalue weighted by Crippen LogP contribution is -2.27. The smallest absolute Gasteiger partial charge is 0.229 e. The number of pyridine rings is 2. The third-order valence-corrected chi connectivity index (χ3v) is 14.0. The molecule has 442 valence electrons. The number of anilines is 2. The molecule has 9 heteroatoms. The highest BCUT2D eigenvalue weighted by Crippen LogP contribution is 2.36. The van der Waals surface area contributed by atoms with Crippen LogP contribution in [-0.2, 0) is 16.0 Å². The number of benzene rings is 1. The predicted octanol–water partition coefficient (Wildman–Crippen LogP) is 20.5. The van der Waals surface area contributed by atoms with E-state index < -0.39 is 11.7 Å². The lowest BCUT2D eigenvalue weighted by molar-refractivity contribution is -0.122. The maximum Gasteiger partial charge on any atom is 0.229 e. The number of fused-ring (bicyclic) bond motifs is 1. The zero-order chi connectivity index (χ0) is 59.4. The molecular formula is C69H116FN5O3. The molecule has 1 aliphatic heterocycles. The first-order chi connectivity index (χ1) is 37.5. The van der Waals surface area contributed by atoms with Crippen LogP contribution in [0.4, 0.5) is 15.8 Å². The molecule has 0 saturated heterocycles. The molecule has 2 atom stereocenters. The third-order valence-electron chi connectivity index (χ3n) is 14.0. The Morgan fingerprint density at radius 2 is 1.41 bits per heavy atom. The largest absolute Gasteiger partial charge is 0.359 e. The molecule has 5 rings (SSSR count). The molecule has 3 heterocycles. The van der Waals surface area contributed by atoms with E-state index in [1.165, 1.54) is 118 Å². The summed E-state index contributed by atoms with van der Waals surface area (Å²) in [7, 11) is 3.58. The van der Waals surface area contributed by atoms with Gasteiger partial charge >= 0.3 is 0 Å². The van der Waals surface area contributed by atoms with Gasteiger partial charge in [-0.2, -0.15) is 0 Å². The van der Waals surface area contributed by atoms with Crippen molar-refractivity contribution < 1.29 is 18.8 Å². The number of Topliss-reactive ketones (excluding diaryl/α,β-unsaturated/α-hetero) is 1. The van der Waals surface area contributed by atoms with Gasteiger partial charge in [-0.1, -0.05) is 203 Å². The first-order valence-corrected chi connectivity index (χ1v) is 31.1. The zero-order valence-corrected chi connectivity index (χ0v) is 53.6. The van der Waals surface area contributed by atoms with Crippen molar-refractivity contribution in [2.75, 3.05) is 24.3 Å². The summed E-state index contributed by atoms with van der Waals surface area (Å²) < 4.78 is 14.2. The Morgan fingerprint density at radius 1 is 0.769 bits per heavy atom. The number of unbranched alkanes of at least 4 members (excludes halogenated alkanes) is 4. The number of ketones is 1. The molecule has 1 saturated carbocycles. The van der Waals surface area contributed by atoms with Gasteiger partial charge in [-0.25, -0.2) is 4.39 Å². The number of aromatic nitrogens is 2. The summed E-state index contributed by atoms with van der Waals surface area (Å²) >= 11 is 0. The topological polar surface area (TPSA) is 104 Å². The highest BCUT2D eigenvalue weighted by molar-refractivity contribution is 5.97. The number of hydrogen-bond acceptors (Lipinski definition) is 7. The zero-order valence-electron chi connectivity index (χ0n) is 53.6. The summed E-state index contributed by atoms with van der Waals surface area (Å²) in [5.41, 5.74) is 11.9. The van der Waals surface area contributed by atoms with Crippen LogP contribution in [0.2, 0.25) is 0 Å². The fourth-order valence-electron chi connectivity index (χ4n) is 8.72. The maximum absolute atomic E-state index is 14.2. The Labute approximate surface area is 479 Å². The molecule has 1 amide bonds. The van der Waals surface area contributed by atoms with Gasteiger partial charge in [0.1, 0.15) is 17.9 Å². The summed E-state index contributed by atoms with van der Waals surface area (Å²) in [6.07, 6.45) is 30.8. The first-order valence-electron chi connectivity index (χ1n) is 31.1. The minimum atomic E-state index is -0.723. The van der Waals surface area contributed by atoms with Crippen LogP contribution >= 0.6 is 0 Å². The second-order valence-electron chi connectivity index (χ2n) is 20.5. The van der Waals surface area contributed by atoms with Crippen molar-refractivity contribution in [3.05, 3.63) is 111 Å². The number of rotatable bonds is 24. The number of hydrogen-bond donors (Lipinski definition) is 2. The van der Waals surface area contributed by atoms with Gasteiger partial charge in [0.05, 0.1) is 28.7 Å². The van der Waals surface area contributed by atoms with Crippen molar-refractivity contribution in [1.29, 1.82) is 0 Å². The molecule has 0 radical (unpaired) electrons. The Balaban J connectivity index is 0. The van der Waals surface area contributed by atoms with E-state index in [9.17, 15) is 18.8 Å². The van der Waals surface area contributed by atoms with Crippen molar-refractivity contribution in [2.24, 2.45) is 5.92 Å². The number of nitrogens with one attached hydrogen (secondary N) is 2. The summed E-state index contributed by atoms with van der Waals surface area (Å²) in [6.45, 7) is 36.0. The Morgan fingerprint density at radius 3 is 1.94 bits per heavy atom. The molecule has 78 heavy (non-hydrogen) atoms. The molecule has 0 bridgehead atoms. The lowest BCUT2D eigenvalue weighted by Gasteiger charge is -2.16. The van der Waals surface area contributed by atoms with Crippen LogP contribution in [0.15, 0.2) is 65.5 Å². The summed E-state index contributed by atoms with van der Waals surface area (Å²) in [4.78, 5) is 46.8. The van der Waals surface area contributed by atoms with E-state index in [4.69, 9.17) is 4.98 Å². The molecule has 1 aliphatic carbocycles. The molecule has 2 N–H and O–H groups in total. The Bertz CT molecular complexity index is 2180. The Kier molecular flexibility index (Phi) is 45.2. The lowest BCUT2D eigenvalue weighted by atomic mass is 9.94. The van der Waals surface area contributed by atoms with E-state index in [1.807, 2.05) is 60.6 Å². The van der Waals surface area contributed by atoms with Gasteiger partial charge in [-0.3, -0.25) is 19.6 Å². The average molecular weight is 1080 g/mol. The summed E-state index contributed by atoms with van der Waals surface area (Å²) in [5, 5.41) is 5.99. The van der Waals surface area contributed by atoms with Gasteiger partial charge in [0.2, 0.25) is 5.91 Å². The minimum absolute atomic E-state index is 0.128. The molecule has 2 aliphatic rings. The fraction of sp³-hybridized carbons (Fsp3) is 0.638. The van der Waals surface area contributed by atoms with E-state index in [0.29, 0.717) is 6.42 Å². The van der Waals surface area contributed by atoms with Crippen LogP contribution in [0.5, 0.6) is 0 Å². The average Bonchev–Trinajstić information content (AvgIpc) is 4.16.